The highest BCUT2D eigenvalue weighted by Gasteiger charge is 2.38. The van der Waals surface area contributed by atoms with Crippen molar-refractivity contribution in [2.24, 2.45) is 0 Å². The lowest BCUT2D eigenvalue weighted by molar-refractivity contribution is -0.689. The topological polar surface area (TPSA) is 148 Å². The molecule has 10 nitrogen and oxygen atoms in total. The van der Waals surface area contributed by atoms with Gasteiger partial charge in [0, 0.05) is 69.8 Å². The van der Waals surface area contributed by atoms with Crippen LogP contribution in [-0.4, -0.2) is 37.0 Å². The lowest BCUT2D eigenvalue weighted by Crippen LogP contribution is -2.43. The third-order valence-corrected chi connectivity index (χ3v) is 13.6. The fraction of sp³-hybridized carbons (Fsp3) is 0.154. The summed E-state index contributed by atoms with van der Waals surface area (Å²) in [5, 5.41) is 4.61. The Labute approximate surface area is 396 Å². The van der Waals surface area contributed by atoms with E-state index in [2.05, 4.69) is 145 Å². The number of aryl methyl sites for hydroxylation is 2. The van der Waals surface area contributed by atoms with E-state index in [4.69, 9.17) is 34.8 Å². The number of para-hydroxylation sites is 4. The minimum atomic E-state index is -6.09. The second kappa shape index (κ2) is 18.0. The van der Waals surface area contributed by atoms with Crippen molar-refractivity contribution in [1.29, 1.82) is 0 Å². The molecule has 11 rings (SSSR count). The van der Waals surface area contributed by atoms with Gasteiger partial charge < -0.3 is 17.9 Å². The molecule has 0 unspecified atom stereocenters. The lowest BCUT2D eigenvalue weighted by Gasteiger charge is -2.27. The number of nitrogens with zero attached hydrogens (tertiary/aromatic N) is 2. The molecule has 2 aliphatic rings. The van der Waals surface area contributed by atoms with Crippen LogP contribution in [0.1, 0.15) is 44.5 Å². The van der Waals surface area contributed by atoms with Crippen LogP contribution in [0.5, 0.6) is 0 Å². The Hall–Kier alpha value is -7.12. The maximum Gasteiger partial charge on any atom is 0.485 e. The van der Waals surface area contributed by atoms with Crippen molar-refractivity contribution in [3.63, 3.8) is 0 Å². The van der Waals surface area contributed by atoms with Crippen molar-refractivity contribution in [2.45, 2.75) is 50.8 Å². The van der Waals surface area contributed by atoms with Crippen LogP contribution >= 0.6 is 0 Å². The van der Waals surface area contributed by atoms with Gasteiger partial charge >= 0.3 is 11.0 Å². The second-order valence-electron chi connectivity index (χ2n) is 16.6. The molecule has 0 aliphatic carbocycles. The Morgan fingerprint density at radius 1 is 0.514 bits per heavy atom. The summed E-state index contributed by atoms with van der Waals surface area (Å²) < 4.78 is 135. The number of furan rings is 2. The molecule has 70 heavy (non-hydrogen) atoms. The van der Waals surface area contributed by atoms with Crippen LogP contribution in [0.15, 0.2) is 130 Å². The van der Waals surface area contributed by atoms with Crippen molar-refractivity contribution in [3.8, 4) is 22.5 Å². The highest BCUT2D eigenvalue weighted by Crippen LogP contribution is 2.44. The van der Waals surface area contributed by atoms with E-state index in [0.29, 0.717) is 0 Å². The van der Waals surface area contributed by atoms with Gasteiger partial charge in [-0.15, -0.1) is 0 Å². The first kappa shape index (κ1) is 47.9. The monoisotopic (exact) mass is 996 g/mol. The average molecular weight is 997 g/mol. The molecule has 5 aromatic carbocycles. The van der Waals surface area contributed by atoms with E-state index in [-0.39, 0.29) is 0 Å². The summed E-state index contributed by atoms with van der Waals surface area (Å²) in [7, 11) is -12.2. The van der Waals surface area contributed by atoms with Gasteiger partial charge in [0.15, 0.2) is 45.7 Å². The van der Waals surface area contributed by atoms with Gasteiger partial charge in [-0.2, -0.15) is 35.5 Å². The first-order valence-corrected chi connectivity index (χ1v) is 24.3. The number of alkyl halides is 6. The van der Waals surface area contributed by atoms with Crippen LogP contribution in [0.3, 0.4) is 0 Å². The molecule has 358 valence electrons. The van der Waals surface area contributed by atoms with Crippen molar-refractivity contribution in [1.82, 2.24) is 0 Å². The summed E-state index contributed by atoms with van der Waals surface area (Å²) in [6, 6.07) is 38.7. The Bertz CT molecular complexity index is 3600. The predicted molar refractivity (Wildman–Crippen MR) is 251 cm³/mol. The maximum atomic E-state index is 10.7. The molecule has 0 saturated carbocycles. The number of hydrogen-bond acceptors (Lipinski definition) is 8. The molecule has 0 spiro atoms. The minimum Gasteiger partial charge on any atom is -0.741 e. The quantitative estimate of drug-likeness (QED) is 0.0732. The summed E-state index contributed by atoms with van der Waals surface area (Å²) in [4.78, 5) is 0. The average Bonchev–Trinajstić information content (AvgIpc) is 3.90. The van der Waals surface area contributed by atoms with Gasteiger partial charge in [-0.1, -0.05) is 97.1 Å². The van der Waals surface area contributed by atoms with E-state index in [0.717, 1.165) is 80.9 Å². The third kappa shape index (κ3) is 9.10. The van der Waals surface area contributed by atoms with E-state index < -0.39 is 31.3 Å². The van der Waals surface area contributed by atoms with Crippen molar-refractivity contribution in [3.05, 3.63) is 166 Å². The molecule has 6 heterocycles. The van der Waals surface area contributed by atoms with Crippen molar-refractivity contribution in [2.75, 3.05) is 0 Å². The van der Waals surface area contributed by atoms with E-state index >= 15 is 0 Å². The number of pyridine rings is 2. The predicted octanol–water partition coefficient (Wildman–Crippen LogP) is 11.6. The second-order valence-corrected chi connectivity index (χ2v) is 19.4. The molecule has 0 radical (unpaired) electrons. The first-order chi connectivity index (χ1) is 33.1. The molecular formula is C52H38F6N2O8S2. The van der Waals surface area contributed by atoms with Crippen LogP contribution in [0.4, 0.5) is 26.3 Å². The van der Waals surface area contributed by atoms with E-state index in [1.54, 1.807) is 0 Å². The Morgan fingerprint density at radius 2 is 0.871 bits per heavy atom. The normalized spacial score (nSPS) is 13.7. The Kier molecular flexibility index (Phi) is 12.3. The van der Waals surface area contributed by atoms with Crippen molar-refractivity contribution >= 4 is 88.4 Å². The number of fused-ring (bicyclic) bond motifs is 13. The highest BCUT2D eigenvalue weighted by atomic mass is 32.2. The van der Waals surface area contributed by atoms with Crippen LogP contribution in [0, 0.1) is 13.8 Å². The SMILES string of the molecule is Cc1c(C)c2c(c3c1CC[n+]1ccc(/C=C/c4cccc5c4oc4ccccc45)cc1-3)-c1cc(/C=C/c3cccc4c3oc3ccccc34)cc[n+]1CC2.O=S(=O)([O-])C(F)(F)F.O=S(=O)([O-])C(F)(F)F. The van der Waals surface area contributed by atoms with Gasteiger partial charge in [-0.3, -0.25) is 0 Å². The molecule has 18 heteroatoms. The van der Waals surface area contributed by atoms with E-state index in [1.807, 2.05) is 24.3 Å². The van der Waals surface area contributed by atoms with Gasteiger partial charge in [0.1, 0.15) is 22.3 Å². The first-order valence-electron chi connectivity index (χ1n) is 21.5. The third-order valence-electron chi connectivity index (χ3n) is 12.5. The van der Waals surface area contributed by atoms with E-state index in [1.165, 1.54) is 55.9 Å². The zero-order chi connectivity index (χ0) is 49.9. The maximum absolute atomic E-state index is 10.7. The molecule has 0 atom stereocenters. The number of halogens is 6. The molecule has 0 fully saturated rings. The zero-order valence-corrected chi connectivity index (χ0v) is 38.6. The van der Waals surface area contributed by atoms with Gasteiger partial charge in [-0.05, 0) is 59.4 Å². The fourth-order valence-corrected chi connectivity index (χ4v) is 9.08. The molecule has 0 bridgehead atoms. The number of hydrogen-bond donors (Lipinski definition) is 0. The standard InChI is InChI=1S/C50H38N2O2.2CHF3O3S/c1-31-32(2)38-24-28-52-26-22-34(18-20-36-10-8-14-42-40-12-4-6-16-46(40)54-50(36)42)30-44(52)48(38)47-37(31)23-27-51-25-21-33(29-43(47)51)17-19-35-9-7-13-41-39-11-3-5-15-45(39)53-49(35)41;2*2-1(3,4)8(5,6)7/h3-22,25-26,29-30H,23-24,27-28H2,1-2H3;2*(H,5,6,7)/q+2;;/p-2/b19-17+,20-18+;;. The van der Waals surface area contributed by atoms with Crippen LogP contribution in [0.2, 0.25) is 0 Å². The van der Waals surface area contributed by atoms with Gasteiger partial charge in [0.2, 0.25) is 11.4 Å². The molecule has 9 aromatic rings. The smallest absolute Gasteiger partial charge is 0.485 e. The molecule has 2 aliphatic heterocycles. The molecule has 0 saturated heterocycles. The molecule has 4 aromatic heterocycles. The van der Waals surface area contributed by atoms with Crippen LogP contribution < -0.4 is 9.13 Å². The van der Waals surface area contributed by atoms with Crippen LogP contribution in [0.25, 0.3) is 90.7 Å². The van der Waals surface area contributed by atoms with Gasteiger partial charge in [0.25, 0.3) is 0 Å². The van der Waals surface area contributed by atoms with Crippen molar-refractivity contribution < 1.29 is 70.3 Å². The largest absolute Gasteiger partial charge is 0.741 e. The molecule has 0 amide bonds. The zero-order valence-electron chi connectivity index (χ0n) is 36.9. The minimum absolute atomic E-state index is 0.922. The Balaban J connectivity index is 0.000000330. The summed E-state index contributed by atoms with van der Waals surface area (Å²) in [6.45, 7) is 6.62. The number of benzene rings is 5. The molecular weight excluding hydrogens is 959 g/mol. The summed E-state index contributed by atoms with van der Waals surface area (Å²) in [6.07, 6.45) is 15.5. The highest BCUT2D eigenvalue weighted by molar-refractivity contribution is 7.86. The molecule has 0 N–H and O–H groups in total. The summed E-state index contributed by atoms with van der Waals surface area (Å²) >= 11 is 0. The number of aromatic nitrogens is 2. The van der Waals surface area contributed by atoms with Crippen LogP contribution in [-0.2, 0) is 46.2 Å². The lowest BCUT2D eigenvalue weighted by atomic mass is 9.79. The van der Waals surface area contributed by atoms with Gasteiger partial charge in [0.05, 0.1) is 11.1 Å². The van der Waals surface area contributed by atoms with E-state index in [9.17, 15) is 26.3 Å². The summed E-state index contributed by atoms with van der Waals surface area (Å²) in [5.41, 5.74) is 8.10. The van der Waals surface area contributed by atoms with Gasteiger partial charge in [-0.25, -0.2) is 16.8 Å². The summed E-state index contributed by atoms with van der Waals surface area (Å²) in [5.74, 6) is 0. The Morgan fingerprint density at radius 3 is 1.24 bits per heavy atom. The fourth-order valence-electron chi connectivity index (χ4n) is 9.08. The number of rotatable bonds is 4.